The lowest BCUT2D eigenvalue weighted by Crippen LogP contribution is -2.35. The van der Waals surface area contributed by atoms with Crippen molar-refractivity contribution in [3.63, 3.8) is 0 Å². The first-order chi connectivity index (χ1) is 14.3. The van der Waals surface area contributed by atoms with Gasteiger partial charge in [0.1, 0.15) is 22.4 Å². The van der Waals surface area contributed by atoms with Gasteiger partial charge < -0.3 is 10.2 Å². The molecule has 2 aromatic carbocycles. The van der Waals surface area contributed by atoms with Crippen LogP contribution in [0.2, 0.25) is 0 Å². The highest BCUT2D eigenvalue weighted by molar-refractivity contribution is 7.90. The molecule has 9 heteroatoms. The van der Waals surface area contributed by atoms with Crippen molar-refractivity contribution in [2.75, 3.05) is 11.4 Å². The average Bonchev–Trinajstić information content (AvgIpc) is 2.92. The minimum absolute atomic E-state index is 0.0126. The van der Waals surface area contributed by atoms with Gasteiger partial charge in [-0.3, -0.25) is 4.79 Å². The van der Waals surface area contributed by atoms with E-state index in [1.54, 1.807) is 19.1 Å². The number of fused-ring (bicyclic) bond motifs is 3. The maximum Gasteiger partial charge on any atom is 0.286 e. The largest absolute Gasteiger partial charge is 0.345 e. The summed E-state index contributed by atoms with van der Waals surface area (Å²) in [7, 11) is -3.91. The second-order valence-corrected chi connectivity index (χ2v) is 9.06. The zero-order valence-electron chi connectivity index (χ0n) is 16.4. The first kappa shape index (κ1) is 20.5. The minimum Gasteiger partial charge on any atom is -0.345 e. The van der Waals surface area contributed by atoms with Crippen LogP contribution in [0.15, 0.2) is 45.7 Å². The van der Waals surface area contributed by atoms with E-state index in [9.17, 15) is 22.0 Å². The summed E-state index contributed by atoms with van der Waals surface area (Å²) in [5, 5.41) is 2.63. The molecule has 0 spiro atoms. The highest BCUT2D eigenvalue weighted by atomic mass is 32.2. The van der Waals surface area contributed by atoms with Crippen molar-refractivity contribution >= 4 is 27.5 Å². The van der Waals surface area contributed by atoms with Crippen LogP contribution in [-0.2, 0) is 10.0 Å². The Morgan fingerprint density at radius 3 is 2.70 bits per heavy atom. The van der Waals surface area contributed by atoms with Gasteiger partial charge >= 0.3 is 0 Å². The van der Waals surface area contributed by atoms with E-state index in [2.05, 4.69) is 9.71 Å². The molecule has 6 nitrogen and oxygen atoms in total. The zero-order valence-corrected chi connectivity index (χ0v) is 17.2. The summed E-state index contributed by atoms with van der Waals surface area (Å²) in [6.45, 7) is 2.24. The number of benzene rings is 2. The van der Waals surface area contributed by atoms with Crippen LogP contribution in [0.25, 0.3) is 0 Å². The molecule has 1 atom stereocenters. The number of amides is 1. The fourth-order valence-corrected chi connectivity index (χ4v) is 5.12. The molecule has 2 aliphatic heterocycles. The molecule has 1 saturated heterocycles. The summed E-state index contributed by atoms with van der Waals surface area (Å²) in [6, 6.07) is 6.86. The Morgan fingerprint density at radius 1 is 1.13 bits per heavy atom. The zero-order chi connectivity index (χ0) is 21.5. The Hall–Kier alpha value is -2.81. The lowest BCUT2D eigenvalue weighted by molar-refractivity contribution is 0.0939. The third-order valence-electron chi connectivity index (χ3n) is 5.39. The van der Waals surface area contributed by atoms with E-state index in [4.69, 9.17) is 0 Å². The van der Waals surface area contributed by atoms with Crippen molar-refractivity contribution in [1.82, 2.24) is 5.32 Å². The number of anilines is 1. The number of halogens is 2. The lowest BCUT2D eigenvalue weighted by atomic mass is 10.1. The molecule has 0 unspecified atom stereocenters. The predicted molar refractivity (Wildman–Crippen MR) is 109 cm³/mol. The minimum atomic E-state index is -3.91. The summed E-state index contributed by atoms with van der Waals surface area (Å²) in [5.41, 5.74) is 0.783. The number of carbonyl (C=O) groups is 1. The van der Waals surface area contributed by atoms with Gasteiger partial charge in [0.25, 0.3) is 15.9 Å². The fraction of sp³-hybridized carbons (Fsp3) is 0.333. The molecule has 1 amide bonds. The number of nitrogens with one attached hydrogen (secondary N) is 1. The molecule has 0 saturated carbocycles. The normalized spacial score (nSPS) is 18.5. The van der Waals surface area contributed by atoms with Gasteiger partial charge in [-0.05, 0) is 44.0 Å². The Labute approximate surface area is 173 Å². The van der Waals surface area contributed by atoms with Crippen molar-refractivity contribution in [1.29, 1.82) is 0 Å². The molecule has 0 aliphatic carbocycles. The molecule has 158 valence electrons. The lowest BCUT2D eigenvalue weighted by Gasteiger charge is -2.29. The summed E-state index contributed by atoms with van der Waals surface area (Å²) >= 11 is 0. The van der Waals surface area contributed by atoms with Crippen LogP contribution in [0.5, 0.6) is 0 Å². The Kier molecular flexibility index (Phi) is 5.31. The number of carbonyl (C=O) groups excluding carboxylic acids is 1. The van der Waals surface area contributed by atoms with Crippen LogP contribution in [0, 0.1) is 11.6 Å². The number of sulfonamides is 1. The molecular weight excluding hydrogens is 412 g/mol. The summed E-state index contributed by atoms with van der Waals surface area (Å²) in [6.07, 6.45) is 3.42. The Morgan fingerprint density at radius 2 is 1.93 bits per heavy atom. The van der Waals surface area contributed by atoms with E-state index in [-0.39, 0.29) is 16.0 Å². The standard InChI is InChI=1S/C21H21F2N3O3S/c1-13(16-8-7-15(22)12-17(16)23)24-21(27)14-6-9-18-19(11-14)30(28,29)25-20-5-3-2-4-10-26(18)20/h6-9,11-13H,2-5,10H2,1H3,(H,24,27)/t13-/m1/s1. The van der Waals surface area contributed by atoms with E-state index >= 15 is 0 Å². The van der Waals surface area contributed by atoms with Crippen molar-refractivity contribution < 1.29 is 22.0 Å². The third kappa shape index (κ3) is 3.81. The van der Waals surface area contributed by atoms with E-state index < -0.39 is 33.6 Å². The Balaban J connectivity index is 1.62. The van der Waals surface area contributed by atoms with Gasteiger partial charge in [0.2, 0.25) is 0 Å². The van der Waals surface area contributed by atoms with Crippen molar-refractivity contribution in [2.24, 2.45) is 4.40 Å². The number of hydrogen-bond acceptors (Lipinski definition) is 4. The van der Waals surface area contributed by atoms with Gasteiger partial charge in [-0.15, -0.1) is 4.40 Å². The SMILES string of the molecule is C[C@@H](NC(=O)c1ccc2c(c1)S(=O)(=O)N=C1CCCCCN12)c1ccc(F)cc1F. The predicted octanol–water partition coefficient (Wildman–Crippen LogP) is 3.94. The van der Waals surface area contributed by atoms with Gasteiger partial charge in [0.05, 0.1) is 11.7 Å². The maximum absolute atomic E-state index is 14.0. The molecule has 0 aromatic heterocycles. The molecular formula is C21H21F2N3O3S. The average molecular weight is 433 g/mol. The molecule has 2 aliphatic rings. The van der Waals surface area contributed by atoms with Crippen LogP contribution >= 0.6 is 0 Å². The van der Waals surface area contributed by atoms with Crippen LogP contribution in [-0.4, -0.2) is 26.7 Å². The molecule has 2 heterocycles. The van der Waals surface area contributed by atoms with Gasteiger partial charge in [-0.25, -0.2) is 8.78 Å². The van der Waals surface area contributed by atoms with E-state index in [0.29, 0.717) is 24.5 Å². The molecule has 1 fully saturated rings. The number of hydrogen-bond donors (Lipinski definition) is 1. The van der Waals surface area contributed by atoms with E-state index in [1.807, 2.05) is 4.90 Å². The van der Waals surface area contributed by atoms with Gasteiger partial charge in [-0.1, -0.05) is 12.5 Å². The van der Waals surface area contributed by atoms with Crippen molar-refractivity contribution in [2.45, 2.75) is 43.5 Å². The first-order valence-electron chi connectivity index (χ1n) is 9.77. The molecule has 1 N–H and O–H groups in total. The molecule has 0 bridgehead atoms. The second-order valence-electron chi connectivity index (χ2n) is 7.49. The summed E-state index contributed by atoms with van der Waals surface area (Å²) in [5.74, 6) is -1.49. The van der Waals surface area contributed by atoms with Gasteiger partial charge in [0.15, 0.2) is 0 Å². The number of nitrogens with zero attached hydrogens (tertiary/aromatic N) is 2. The van der Waals surface area contributed by atoms with Crippen LogP contribution < -0.4 is 10.2 Å². The number of rotatable bonds is 3. The first-order valence-corrected chi connectivity index (χ1v) is 11.2. The smallest absolute Gasteiger partial charge is 0.286 e. The monoisotopic (exact) mass is 433 g/mol. The Bertz CT molecular complexity index is 1150. The number of amidine groups is 1. The summed E-state index contributed by atoms with van der Waals surface area (Å²) in [4.78, 5) is 14.6. The molecule has 4 rings (SSSR count). The van der Waals surface area contributed by atoms with Gasteiger partial charge in [0, 0.05) is 30.2 Å². The highest BCUT2D eigenvalue weighted by Gasteiger charge is 2.32. The summed E-state index contributed by atoms with van der Waals surface area (Å²) < 4.78 is 56.5. The maximum atomic E-state index is 14.0. The van der Waals surface area contributed by atoms with Crippen LogP contribution in [0.1, 0.15) is 54.6 Å². The molecule has 0 radical (unpaired) electrons. The van der Waals surface area contributed by atoms with Crippen LogP contribution in [0.3, 0.4) is 0 Å². The van der Waals surface area contributed by atoms with Crippen molar-refractivity contribution in [3.05, 3.63) is 59.2 Å². The van der Waals surface area contributed by atoms with Crippen molar-refractivity contribution in [3.8, 4) is 0 Å². The highest BCUT2D eigenvalue weighted by Crippen LogP contribution is 2.35. The fourth-order valence-electron chi connectivity index (χ4n) is 3.83. The topological polar surface area (TPSA) is 78.8 Å². The van der Waals surface area contributed by atoms with Crippen LogP contribution in [0.4, 0.5) is 14.5 Å². The quantitative estimate of drug-likeness (QED) is 0.795. The second kappa shape index (κ2) is 7.79. The third-order valence-corrected chi connectivity index (χ3v) is 6.72. The van der Waals surface area contributed by atoms with Gasteiger partial charge in [-0.2, -0.15) is 8.42 Å². The van der Waals surface area contributed by atoms with E-state index in [0.717, 1.165) is 31.4 Å². The molecule has 2 aromatic rings. The molecule has 30 heavy (non-hydrogen) atoms. The van der Waals surface area contributed by atoms with E-state index in [1.165, 1.54) is 12.1 Å².